The maximum atomic E-state index is 10.7. The topological polar surface area (TPSA) is 46.5 Å². The number of aliphatic hydroxyl groups is 1. The third-order valence-corrected chi connectivity index (χ3v) is 2.39. The van der Waals surface area contributed by atoms with Crippen LogP contribution < -0.4 is 0 Å². The summed E-state index contributed by atoms with van der Waals surface area (Å²) in [5, 5.41) is 9.31. The minimum Gasteiger partial charge on any atom is -0.459 e. The summed E-state index contributed by atoms with van der Waals surface area (Å²) in [5.74, 6) is 9.24. The SMILES string of the molecule is CCCCCCCCC#C[C@@H](O)C#CC(=O)OC. The molecule has 0 radical (unpaired) electrons. The molecular formula is C15H22O3. The second-order valence-corrected chi connectivity index (χ2v) is 4.00. The van der Waals surface area contributed by atoms with Crippen LogP contribution >= 0.6 is 0 Å². The molecule has 100 valence electrons. The highest BCUT2D eigenvalue weighted by atomic mass is 16.5. The van der Waals surface area contributed by atoms with Crippen LogP contribution in [0, 0.1) is 23.7 Å². The van der Waals surface area contributed by atoms with Crippen molar-refractivity contribution in [3.8, 4) is 23.7 Å². The molecule has 0 fully saturated rings. The van der Waals surface area contributed by atoms with Crippen molar-refractivity contribution < 1.29 is 14.6 Å². The van der Waals surface area contributed by atoms with E-state index in [2.05, 4.69) is 35.3 Å². The van der Waals surface area contributed by atoms with Crippen molar-refractivity contribution in [2.45, 2.75) is 58.0 Å². The van der Waals surface area contributed by atoms with Gasteiger partial charge in [0.2, 0.25) is 0 Å². The molecule has 0 unspecified atom stereocenters. The molecule has 0 aliphatic rings. The number of rotatable bonds is 6. The maximum absolute atomic E-state index is 10.7. The number of esters is 1. The standard InChI is InChI=1S/C15H22O3/c1-3-4-5-6-7-8-9-10-11-14(16)12-13-15(17)18-2/h14,16H,3-9H2,1-2H3/t14-/m1/s1. The van der Waals surface area contributed by atoms with E-state index in [4.69, 9.17) is 0 Å². The molecule has 3 heteroatoms. The Morgan fingerprint density at radius 1 is 1.17 bits per heavy atom. The second kappa shape index (κ2) is 12.0. The first-order valence-corrected chi connectivity index (χ1v) is 6.46. The van der Waals surface area contributed by atoms with E-state index in [1.54, 1.807) is 0 Å². The van der Waals surface area contributed by atoms with Gasteiger partial charge in [-0.05, 0) is 12.3 Å². The zero-order valence-electron chi connectivity index (χ0n) is 11.3. The van der Waals surface area contributed by atoms with Crippen molar-refractivity contribution in [2.75, 3.05) is 7.11 Å². The van der Waals surface area contributed by atoms with Gasteiger partial charge in [-0.3, -0.25) is 0 Å². The van der Waals surface area contributed by atoms with Crippen molar-refractivity contribution in [2.24, 2.45) is 0 Å². The summed E-state index contributed by atoms with van der Waals surface area (Å²) in [6.45, 7) is 2.20. The fourth-order valence-corrected chi connectivity index (χ4v) is 1.38. The largest absolute Gasteiger partial charge is 0.459 e. The van der Waals surface area contributed by atoms with Crippen molar-refractivity contribution in [1.29, 1.82) is 0 Å². The highest BCUT2D eigenvalue weighted by Crippen LogP contribution is 2.06. The monoisotopic (exact) mass is 250 g/mol. The molecule has 3 nitrogen and oxygen atoms in total. The number of carbonyl (C=O) groups excluding carboxylic acids is 1. The fraction of sp³-hybridized carbons (Fsp3) is 0.667. The van der Waals surface area contributed by atoms with E-state index in [-0.39, 0.29) is 0 Å². The Morgan fingerprint density at radius 3 is 2.50 bits per heavy atom. The molecule has 0 spiro atoms. The van der Waals surface area contributed by atoms with Crippen molar-refractivity contribution in [1.82, 2.24) is 0 Å². The summed E-state index contributed by atoms with van der Waals surface area (Å²) in [5.41, 5.74) is 0. The first kappa shape index (κ1) is 16.6. The summed E-state index contributed by atoms with van der Waals surface area (Å²) >= 11 is 0. The quantitative estimate of drug-likeness (QED) is 0.340. The Labute approximate surface area is 110 Å². The van der Waals surface area contributed by atoms with Gasteiger partial charge in [-0.2, -0.15) is 0 Å². The number of hydrogen-bond acceptors (Lipinski definition) is 3. The number of ether oxygens (including phenoxy) is 1. The van der Waals surface area contributed by atoms with Crippen LogP contribution in [-0.4, -0.2) is 24.3 Å². The average molecular weight is 250 g/mol. The number of unbranched alkanes of at least 4 members (excludes halogenated alkanes) is 6. The first-order valence-electron chi connectivity index (χ1n) is 6.46. The lowest BCUT2D eigenvalue weighted by Gasteiger charge is -1.96. The minimum atomic E-state index is -1.07. The molecule has 0 amide bonds. The zero-order chi connectivity index (χ0) is 13.6. The van der Waals surface area contributed by atoms with Crippen LogP contribution in [0.3, 0.4) is 0 Å². The van der Waals surface area contributed by atoms with Gasteiger partial charge >= 0.3 is 5.97 Å². The van der Waals surface area contributed by atoms with Crippen LogP contribution in [-0.2, 0) is 9.53 Å². The van der Waals surface area contributed by atoms with E-state index < -0.39 is 12.1 Å². The third-order valence-electron chi connectivity index (χ3n) is 2.39. The van der Waals surface area contributed by atoms with Gasteiger partial charge in [0.15, 0.2) is 6.10 Å². The molecule has 0 saturated carbocycles. The van der Waals surface area contributed by atoms with Crippen LogP contribution in [0.4, 0.5) is 0 Å². The van der Waals surface area contributed by atoms with Crippen molar-refractivity contribution >= 4 is 5.97 Å². The minimum absolute atomic E-state index is 0.660. The van der Waals surface area contributed by atoms with Gasteiger partial charge in [-0.1, -0.05) is 50.9 Å². The number of carbonyl (C=O) groups is 1. The van der Waals surface area contributed by atoms with Gasteiger partial charge in [0.1, 0.15) is 0 Å². The maximum Gasteiger partial charge on any atom is 0.384 e. The van der Waals surface area contributed by atoms with Crippen LogP contribution in [0.25, 0.3) is 0 Å². The molecule has 1 atom stereocenters. The van der Waals surface area contributed by atoms with Gasteiger partial charge in [0.25, 0.3) is 0 Å². The molecule has 0 rings (SSSR count). The van der Waals surface area contributed by atoms with Gasteiger partial charge in [0, 0.05) is 12.3 Å². The Hall–Kier alpha value is -1.45. The normalized spacial score (nSPS) is 10.6. The Balaban J connectivity index is 3.63. The Kier molecular flexibility index (Phi) is 11.1. The highest BCUT2D eigenvalue weighted by Gasteiger charge is 1.94. The predicted molar refractivity (Wildman–Crippen MR) is 71.6 cm³/mol. The van der Waals surface area contributed by atoms with Crippen LogP contribution in [0.1, 0.15) is 51.9 Å². The molecule has 0 saturated heterocycles. The molecule has 0 aromatic rings. The lowest BCUT2D eigenvalue weighted by molar-refractivity contribution is -0.133. The zero-order valence-corrected chi connectivity index (χ0v) is 11.3. The van der Waals surface area contributed by atoms with Gasteiger partial charge in [-0.15, -0.1) is 0 Å². The average Bonchev–Trinajstić information content (AvgIpc) is 2.39. The van der Waals surface area contributed by atoms with Gasteiger partial charge < -0.3 is 9.84 Å². The molecule has 0 aliphatic heterocycles. The lowest BCUT2D eigenvalue weighted by atomic mass is 10.1. The van der Waals surface area contributed by atoms with Crippen molar-refractivity contribution in [3.05, 3.63) is 0 Å². The van der Waals surface area contributed by atoms with Crippen LogP contribution in [0.2, 0.25) is 0 Å². The van der Waals surface area contributed by atoms with Crippen LogP contribution in [0.5, 0.6) is 0 Å². The lowest BCUT2D eigenvalue weighted by Crippen LogP contribution is -2.01. The van der Waals surface area contributed by atoms with E-state index in [1.165, 1.54) is 39.2 Å². The van der Waals surface area contributed by atoms with Crippen LogP contribution in [0.15, 0.2) is 0 Å². The van der Waals surface area contributed by atoms with Gasteiger partial charge in [0.05, 0.1) is 7.11 Å². The highest BCUT2D eigenvalue weighted by molar-refractivity contribution is 5.88. The van der Waals surface area contributed by atoms with E-state index in [0.29, 0.717) is 0 Å². The van der Waals surface area contributed by atoms with E-state index in [9.17, 15) is 9.90 Å². The van der Waals surface area contributed by atoms with Crippen molar-refractivity contribution in [3.63, 3.8) is 0 Å². The molecule has 0 bridgehead atoms. The van der Waals surface area contributed by atoms with E-state index in [1.807, 2.05) is 0 Å². The first-order chi connectivity index (χ1) is 8.70. The molecule has 0 heterocycles. The molecule has 0 aromatic carbocycles. The molecule has 0 aliphatic carbocycles. The smallest absolute Gasteiger partial charge is 0.384 e. The Bertz CT molecular complexity index is 338. The molecule has 18 heavy (non-hydrogen) atoms. The third kappa shape index (κ3) is 11.0. The number of methoxy groups -OCH3 is 1. The summed E-state index contributed by atoms with van der Waals surface area (Å²) in [4.78, 5) is 10.7. The summed E-state index contributed by atoms with van der Waals surface area (Å²) in [6, 6.07) is 0. The second-order valence-electron chi connectivity index (χ2n) is 4.00. The number of aliphatic hydroxyl groups excluding tert-OH is 1. The van der Waals surface area contributed by atoms with E-state index in [0.717, 1.165) is 12.8 Å². The predicted octanol–water partition coefficient (Wildman–Crippen LogP) is 2.28. The van der Waals surface area contributed by atoms with E-state index >= 15 is 0 Å². The molecule has 0 aromatic heterocycles. The fourth-order valence-electron chi connectivity index (χ4n) is 1.38. The Morgan fingerprint density at radius 2 is 1.83 bits per heavy atom. The van der Waals surface area contributed by atoms with Gasteiger partial charge in [-0.25, -0.2) is 4.79 Å². The summed E-state index contributed by atoms with van der Waals surface area (Å²) in [7, 11) is 1.24. The molecular weight excluding hydrogens is 228 g/mol. The summed E-state index contributed by atoms with van der Waals surface area (Å²) in [6.07, 6.45) is 7.02. The summed E-state index contributed by atoms with van der Waals surface area (Å²) < 4.78 is 4.32. The molecule has 1 N–H and O–H groups in total. The number of hydrogen-bond donors (Lipinski definition) is 1.